The number of aliphatic hydroxyl groups excluding tert-OH is 1. The van der Waals surface area contributed by atoms with Gasteiger partial charge in [0.05, 0.1) is 56.2 Å². The number of methoxy groups -OCH3 is 3. The number of hydrogen-bond donors (Lipinski definition) is 2. The molecule has 2 unspecified atom stereocenters. The van der Waals surface area contributed by atoms with Crippen LogP contribution in [0.1, 0.15) is 23.1 Å². The molecule has 1 aliphatic rings. The van der Waals surface area contributed by atoms with E-state index in [1.807, 2.05) is 34.7 Å². The summed E-state index contributed by atoms with van der Waals surface area (Å²) in [6.07, 6.45) is -1.65. The summed E-state index contributed by atoms with van der Waals surface area (Å²) in [5.41, 5.74) is 1.87. The summed E-state index contributed by atoms with van der Waals surface area (Å²) in [4.78, 5) is 13.0. The second-order valence-corrected chi connectivity index (χ2v) is 18.1. The quantitative estimate of drug-likeness (QED) is 0.141. The number of rotatable bonds is 15. The minimum atomic E-state index is -4.80. The van der Waals surface area contributed by atoms with Crippen LogP contribution in [0.3, 0.4) is 0 Å². The van der Waals surface area contributed by atoms with Crippen LogP contribution >= 0.6 is 22.6 Å². The normalized spacial score (nSPS) is 15.9. The van der Waals surface area contributed by atoms with Gasteiger partial charge in [-0.25, -0.2) is 21.6 Å². The van der Waals surface area contributed by atoms with Gasteiger partial charge >= 0.3 is 6.09 Å². The number of sulfone groups is 1. The fourth-order valence-corrected chi connectivity index (χ4v) is 11.5. The first-order valence-electron chi connectivity index (χ1n) is 17.1. The van der Waals surface area contributed by atoms with Gasteiger partial charge < -0.3 is 29.3 Å². The molecule has 296 valence electrons. The van der Waals surface area contributed by atoms with E-state index in [0.29, 0.717) is 31.9 Å². The van der Waals surface area contributed by atoms with Crippen molar-refractivity contribution in [1.29, 1.82) is 0 Å². The average Bonchev–Trinajstić information content (AvgIpc) is 3.86. The highest BCUT2D eigenvalue weighted by Crippen LogP contribution is 2.40. The predicted molar refractivity (Wildman–Crippen MR) is 212 cm³/mol. The van der Waals surface area contributed by atoms with Crippen molar-refractivity contribution in [2.75, 3.05) is 34.5 Å². The van der Waals surface area contributed by atoms with Crippen molar-refractivity contribution in [2.45, 2.75) is 47.1 Å². The lowest BCUT2D eigenvalue weighted by molar-refractivity contribution is 0.118. The van der Waals surface area contributed by atoms with Crippen LogP contribution < -0.4 is 14.2 Å². The van der Waals surface area contributed by atoms with Gasteiger partial charge in [-0.2, -0.15) is 9.10 Å². The predicted octanol–water partition coefficient (Wildman–Crippen LogP) is 4.30. The maximum atomic E-state index is 15.4. The monoisotopic (exact) mass is 918 g/mol. The average molecular weight is 919 g/mol. The minimum Gasteiger partial charge on any atom is -0.497 e. The lowest BCUT2D eigenvalue weighted by Crippen LogP contribution is -2.37. The Balaban J connectivity index is 1.53. The molecule has 6 rings (SSSR count). The lowest BCUT2D eigenvalue weighted by atomic mass is 10.2. The molecular weight excluding hydrogens is 879 g/mol. The number of carboxylic acid groups (broad SMARTS) is 1. The Morgan fingerprint density at radius 3 is 1.80 bits per heavy atom. The Morgan fingerprint density at radius 1 is 0.821 bits per heavy atom. The molecule has 0 aliphatic carbocycles. The van der Waals surface area contributed by atoms with Crippen LogP contribution in [0.25, 0.3) is 11.4 Å². The van der Waals surface area contributed by atoms with Gasteiger partial charge in [-0.1, -0.05) is 36.4 Å². The molecule has 4 aromatic carbocycles. The zero-order valence-electron chi connectivity index (χ0n) is 30.5. The third kappa shape index (κ3) is 8.60. The summed E-state index contributed by atoms with van der Waals surface area (Å²) in [5.74, 6) is 1.63. The van der Waals surface area contributed by atoms with Gasteiger partial charge in [-0.3, -0.25) is 0 Å². The Hall–Kier alpha value is -4.83. The molecule has 2 atom stereocenters. The first-order valence-corrected chi connectivity index (χ1v) is 21.2. The number of carbonyl (C=O) groups is 1. The van der Waals surface area contributed by atoms with E-state index in [2.05, 4.69) is 15.4 Å². The first kappa shape index (κ1) is 40.8. The molecule has 19 heteroatoms. The maximum Gasteiger partial charge on any atom is 0.407 e. The van der Waals surface area contributed by atoms with Crippen molar-refractivity contribution in [3.05, 3.63) is 105 Å². The summed E-state index contributed by atoms with van der Waals surface area (Å²) in [6, 6.07) is 22.4. The molecule has 16 nitrogen and oxygen atoms in total. The number of tetrazole rings is 1. The van der Waals surface area contributed by atoms with Gasteiger partial charge in [-0.05, 0) is 99.4 Å². The highest BCUT2D eigenvalue weighted by Gasteiger charge is 2.45. The second-order valence-electron chi connectivity index (χ2n) is 12.9. The zero-order chi connectivity index (χ0) is 40.2. The van der Waals surface area contributed by atoms with Crippen LogP contribution in [0.2, 0.25) is 0 Å². The van der Waals surface area contributed by atoms with E-state index in [-0.39, 0.29) is 37.4 Å². The number of aromatic nitrogens is 4. The fourth-order valence-electron chi connectivity index (χ4n) is 6.44. The van der Waals surface area contributed by atoms with Crippen LogP contribution in [0.4, 0.5) is 4.79 Å². The molecule has 0 bridgehead atoms. The lowest BCUT2D eigenvalue weighted by Gasteiger charge is -2.26. The number of hydrogen-bond acceptors (Lipinski definition) is 12. The van der Waals surface area contributed by atoms with Crippen LogP contribution in [-0.2, 0) is 39.5 Å². The molecule has 0 saturated carbocycles. The topological polar surface area (TPSA) is 204 Å². The van der Waals surface area contributed by atoms with Crippen LogP contribution in [0, 0.1) is 3.57 Å². The molecule has 1 aliphatic heterocycles. The van der Waals surface area contributed by atoms with Gasteiger partial charge in [0.15, 0.2) is 9.84 Å². The molecule has 2 N–H and O–H groups in total. The highest BCUT2D eigenvalue weighted by atomic mass is 127. The van der Waals surface area contributed by atoms with Gasteiger partial charge in [0, 0.05) is 23.2 Å². The van der Waals surface area contributed by atoms with Crippen molar-refractivity contribution in [3.8, 4) is 28.6 Å². The van der Waals surface area contributed by atoms with Crippen LogP contribution in [-0.4, -0.2) is 108 Å². The molecule has 1 amide bonds. The van der Waals surface area contributed by atoms with E-state index in [0.717, 1.165) is 10.5 Å². The number of ether oxygens (including phenoxy) is 3. The largest absolute Gasteiger partial charge is 0.497 e. The third-order valence-electron chi connectivity index (χ3n) is 9.44. The van der Waals surface area contributed by atoms with E-state index in [4.69, 9.17) is 14.2 Å². The number of nitrogens with zero attached hydrogens (tertiary/aromatic N) is 6. The van der Waals surface area contributed by atoms with Gasteiger partial charge in [0.2, 0.25) is 15.8 Å². The Labute approximate surface area is 337 Å². The standard InChI is InChI=1S/C37H39IN6O10S2/c1-52-28-10-4-24(5-11-28)19-42(20-25-6-12-29(53-2)13-7-25)56(50,51)35-33(55(48,49)31-18-27(23-45)43(22-31)37(46)47)17-16-32(38)34(35)36-39-41-44(40-36)21-26-8-14-30(54-3)15-9-26/h4-17,27,31,45H,18-23H2,1-3H3,(H,46,47). The van der Waals surface area contributed by atoms with Crippen molar-refractivity contribution in [3.63, 3.8) is 0 Å². The third-order valence-corrected chi connectivity index (χ3v) is 14.5. The van der Waals surface area contributed by atoms with Gasteiger partial charge in [0.1, 0.15) is 22.1 Å². The number of halogens is 1. The Morgan fingerprint density at radius 2 is 1.34 bits per heavy atom. The van der Waals surface area contributed by atoms with Crippen molar-refractivity contribution in [1.82, 2.24) is 29.4 Å². The Bertz CT molecular complexity index is 2350. The molecule has 5 aromatic rings. The maximum absolute atomic E-state index is 15.4. The van der Waals surface area contributed by atoms with E-state index < -0.39 is 60.2 Å². The number of likely N-dealkylation sites (tertiary alicyclic amines) is 1. The molecule has 1 aromatic heterocycles. The molecular formula is C37H39IN6O10S2. The number of aliphatic hydroxyl groups is 1. The summed E-state index contributed by atoms with van der Waals surface area (Å²) >= 11 is 1.92. The molecule has 2 heterocycles. The van der Waals surface area contributed by atoms with Crippen molar-refractivity contribution >= 4 is 48.5 Å². The number of amides is 1. The second kappa shape index (κ2) is 17.1. The van der Waals surface area contributed by atoms with E-state index in [9.17, 15) is 23.4 Å². The van der Waals surface area contributed by atoms with Crippen LogP contribution in [0.15, 0.2) is 94.7 Å². The molecule has 56 heavy (non-hydrogen) atoms. The smallest absolute Gasteiger partial charge is 0.407 e. The van der Waals surface area contributed by atoms with E-state index >= 15 is 8.42 Å². The highest BCUT2D eigenvalue weighted by molar-refractivity contribution is 14.1. The number of benzene rings is 4. The van der Waals surface area contributed by atoms with E-state index in [1.54, 1.807) is 67.8 Å². The van der Waals surface area contributed by atoms with E-state index in [1.165, 1.54) is 35.5 Å². The van der Waals surface area contributed by atoms with Crippen molar-refractivity contribution in [2.24, 2.45) is 0 Å². The molecule has 1 saturated heterocycles. The molecule has 0 spiro atoms. The Kier molecular flexibility index (Phi) is 12.5. The molecule has 0 radical (unpaired) electrons. The SMILES string of the molecule is COc1ccc(CN(Cc2ccc(OC)cc2)S(=O)(=O)c2c(S(=O)(=O)C3CC(CO)N(C(=O)O)C3)ccc(I)c2-c2nnn(Cc3ccc(OC)cc3)n2)cc1. The number of sulfonamides is 1. The fraction of sp³-hybridized carbons (Fsp3) is 0.297. The zero-order valence-corrected chi connectivity index (χ0v) is 34.3. The molecule has 1 fully saturated rings. The van der Waals surface area contributed by atoms with Gasteiger partial charge in [-0.15, -0.1) is 10.2 Å². The minimum absolute atomic E-state index is 0.0890. The van der Waals surface area contributed by atoms with Crippen LogP contribution in [0.5, 0.6) is 17.2 Å². The summed E-state index contributed by atoms with van der Waals surface area (Å²) in [6.45, 7) is -1.28. The summed E-state index contributed by atoms with van der Waals surface area (Å²) < 4.78 is 77.6. The van der Waals surface area contributed by atoms with Crippen molar-refractivity contribution < 1.29 is 46.1 Å². The summed E-state index contributed by atoms with van der Waals surface area (Å²) in [7, 11) is -4.83. The van der Waals surface area contributed by atoms with Gasteiger partial charge in [0.25, 0.3) is 0 Å². The first-order chi connectivity index (χ1) is 26.8. The summed E-state index contributed by atoms with van der Waals surface area (Å²) in [5, 5.41) is 31.3.